The van der Waals surface area contributed by atoms with Gasteiger partial charge in [0.05, 0.1) is 15.5 Å². The molecule has 0 fully saturated rings. The smallest absolute Gasteiger partial charge is 0.264 e. The lowest BCUT2D eigenvalue weighted by Gasteiger charge is -2.10. The van der Waals surface area contributed by atoms with E-state index < -0.39 is 21.8 Å². The molecule has 2 amide bonds. The van der Waals surface area contributed by atoms with Gasteiger partial charge in [0.15, 0.2) is 0 Å². The lowest BCUT2D eigenvalue weighted by Crippen LogP contribution is -2.31. The van der Waals surface area contributed by atoms with Crippen LogP contribution >= 0.6 is 11.6 Å². The molecule has 26 heavy (non-hydrogen) atoms. The standard InChI is InChI=1S/C18H19ClN2O4S/c1-12(2)11-17(22)21-26(24,25)14-9-7-13(8-10-14)20-18(23)15-5-3-4-6-16(15)19/h3-10,12H,11H2,1-2H3,(H,20,23)(H,21,22). The summed E-state index contributed by atoms with van der Waals surface area (Å²) in [6.45, 7) is 3.64. The molecule has 2 aromatic carbocycles. The largest absolute Gasteiger partial charge is 0.322 e. The Labute approximate surface area is 157 Å². The summed E-state index contributed by atoms with van der Waals surface area (Å²) in [6.07, 6.45) is 0.116. The van der Waals surface area contributed by atoms with Gasteiger partial charge in [0.1, 0.15) is 0 Å². The zero-order valence-corrected chi connectivity index (χ0v) is 15.9. The van der Waals surface area contributed by atoms with E-state index in [9.17, 15) is 18.0 Å². The Balaban J connectivity index is 2.09. The van der Waals surface area contributed by atoms with Crippen molar-refractivity contribution in [3.8, 4) is 0 Å². The number of hydrogen-bond acceptors (Lipinski definition) is 4. The maximum atomic E-state index is 12.2. The molecule has 2 N–H and O–H groups in total. The minimum atomic E-state index is -3.94. The normalized spacial score (nSPS) is 11.2. The lowest BCUT2D eigenvalue weighted by molar-refractivity contribution is -0.120. The second-order valence-electron chi connectivity index (χ2n) is 6.08. The van der Waals surface area contributed by atoms with E-state index in [0.717, 1.165) is 0 Å². The van der Waals surface area contributed by atoms with Crippen LogP contribution in [-0.4, -0.2) is 20.2 Å². The molecule has 0 aliphatic heterocycles. The highest BCUT2D eigenvalue weighted by atomic mass is 35.5. The van der Waals surface area contributed by atoms with E-state index in [1.807, 2.05) is 18.6 Å². The van der Waals surface area contributed by atoms with Gasteiger partial charge in [-0.15, -0.1) is 0 Å². The molecule has 0 radical (unpaired) electrons. The van der Waals surface area contributed by atoms with Crippen molar-refractivity contribution < 1.29 is 18.0 Å². The van der Waals surface area contributed by atoms with Crippen LogP contribution in [0.25, 0.3) is 0 Å². The van der Waals surface area contributed by atoms with Gasteiger partial charge in [-0.25, -0.2) is 13.1 Å². The van der Waals surface area contributed by atoms with Gasteiger partial charge in [-0.05, 0) is 42.3 Å². The van der Waals surface area contributed by atoms with Crippen molar-refractivity contribution in [2.24, 2.45) is 5.92 Å². The fourth-order valence-electron chi connectivity index (χ4n) is 2.18. The van der Waals surface area contributed by atoms with Gasteiger partial charge >= 0.3 is 0 Å². The Bertz CT molecular complexity index is 909. The van der Waals surface area contributed by atoms with Crippen LogP contribution < -0.4 is 10.0 Å². The summed E-state index contributed by atoms with van der Waals surface area (Å²) in [6, 6.07) is 12.1. The van der Waals surface area contributed by atoms with Crippen molar-refractivity contribution in [3.63, 3.8) is 0 Å². The monoisotopic (exact) mass is 394 g/mol. The Morgan fingerprint density at radius 1 is 1.04 bits per heavy atom. The molecule has 0 spiro atoms. The molecule has 0 atom stereocenters. The van der Waals surface area contributed by atoms with Crippen LogP contribution in [0, 0.1) is 5.92 Å². The Kier molecular flexibility index (Phi) is 6.39. The third-order valence-corrected chi connectivity index (χ3v) is 5.10. The van der Waals surface area contributed by atoms with E-state index in [-0.39, 0.29) is 17.2 Å². The van der Waals surface area contributed by atoms with Crippen LogP contribution in [0.5, 0.6) is 0 Å². The fraction of sp³-hybridized carbons (Fsp3) is 0.222. The molecular weight excluding hydrogens is 376 g/mol. The Morgan fingerprint density at radius 3 is 2.23 bits per heavy atom. The maximum absolute atomic E-state index is 12.2. The van der Waals surface area contributed by atoms with Gasteiger partial charge in [-0.1, -0.05) is 37.6 Å². The number of amides is 2. The van der Waals surface area contributed by atoms with Crippen LogP contribution in [0.4, 0.5) is 5.69 Å². The molecule has 0 unspecified atom stereocenters. The molecule has 8 heteroatoms. The Morgan fingerprint density at radius 2 is 1.65 bits per heavy atom. The summed E-state index contributed by atoms with van der Waals surface area (Å²) in [7, 11) is -3.94. The summed E-state index contributed by atoms with van der Waals surface area (Å²) in [5.41, 5.74) is 0.717. The lowest BCUT2D eigenvalue weighted by atomic mass is 10.1. The predicted octanol–water partition coefficient (Wildman–Crippen LogP) is 3.44. The Hall–Kier alpha value is -2.38. The minimum Gasteiger partial charge on any atom is -0.322 e. The molecule has 0 aliphatic carbocycles. The van der Waals surface area contributed by atoms with Crippen LogP contribution in [-0.2, 0) is 14.8 Å². The predicted molar refractivity (Wildman–Crippen MR) is 101 cm³/mol. The zero-order chi connectivity index (χ0) is 19.3. The number of carbonyl (C=O) groups is 2. The third kappa shape index (κ3) is 5.31. The number of sulfonamides is 1. The van der Waals surface area contributed by atoms with Crippen molar-refractivity contribution in [1.82, 2.24) is 4.72 Å². The van der Waals surface area contributed by atoms with Gasteiger partial charge in [-0.3, -0.25) is 9.59 Å². The first-order chi connectivity index (χ1) is 12.2. The molecule has 0 bridgehead atoms. The quantitative estimate of drug-likeness (QED) is 0.784. The van der Waals surface area contributed by atoms with Crippen molar-refractivity contribution in [1.29, 1.82) is 0 Å². The molecule has 0 aliphatic rings. The topological polar surface area (TPSA) is 92.3 Å². The second-order valence-corrected chi connectivity index (χ2v) is 8.17. The molecular formula is C18H19ClN2O4S. The number of anilines is 1. The van der Waals surface area contributed by atoms with Crippen LogP contribution in [0.2, 0.25) is 5.02 Å². The highest BCUT2D eigenvalue weighted by Crippen LogP contribution is 2.19. The average molecular weight is 395 g/mol. The maximum Gasteiger partial charge on any atom is 0.264 e. The molecule has 0 aromatic heterocycles. The van der Waals surface area contributed by atoms with Crippen molar-refractivity contribution in [2.45, 2.75) is 25.2 Å². The molecule has 138 valence electrons. The minimum absolute atomic E-state index is 0.0487. The van der Waals surface area contributed by atoms with Gasteiger partial charge in [-0.2, -0.15) is 0 Å². The number of rotatable bonds is 6. The van der Waals surface area contributed by atoms with Gasteiger partial charge in [0, 0.05) is 12.1 Å². The van der Waals surface area contributed by atoms with Crippen molar-refractivity contribution in [3.05, 3.63) is 59.1 Å². The van der Waals surface area contributed by atoms with E-state index in [1.54, 1.807) is 24.3 Å². The summed E-state index contributed by atoms with van der Waals surface area (Å²) in [5.74, 6) is -0.917. The summed E-state index contributed by atoms with van der Waals surface area (Å²) in [4.78, 5) is 23.8. The van der Waals surface area contributed by atoms with Gasteiger partial charge in [0.25, 0.3) is 15.9 Å². The summed E-state index contributed by atoms with van der Waals surface area (Å²) >= 11 is 5.97. The van der Waals surface area contributed by atoms with E-state index in [4.69, 9.17) is 11.6 Å². The second kappa shape index (κ2) is 8.33. The van der Waals surface area contributed by atoms with E-state index in [0.29, 0.717) is 16.3 Å². The SMILES string of the molecule is CC(C)CC(=O)NS(=O)(=O)c1ccc(NC(=O)c2ccccc2Cl)cc1. The van der Waals surface area contributed by atoms with Crippen LogP contribution in [0.15, 0.2) is 53.4 Å². The first-order valence-corrected chi connectivity index (χ1v) is 9.77. The highest BCUT2D eigenvalue weighted by molar-refractivity contribution is 7.90. The fourth-order valence-corrected chi connectivity index (χ4v) is 3.40. The molecule has 2 rings (SSSR count). The molecule has 0 saturated carbocycles. The third-order valence-electron chi connectivity index (χ3n) is 3.38. The number of hydrogen-bond donors (Lipinski definition) is 2. The average Bonchev–Trinajstić information content (AvgIpc) is 2.54. The van der Waals surface area contributed by atoms with Crippen molar-refractivity contribution >= 4 is 39.1 Å². The molecule has 0 saturated heterocycles. The molecule has 6 nitrogen and oxygen atoms in total. The first-order valence-electron chi connectivity index (χ1n) is 7.90. The first kappa shape index (κ1) is 19.9. The number of benzene rings is 2. The van der Waals surface area contributed by atoms with E-state index in [1.165, 1.54) is 24.3 Å². The highest BCUT2D eigenvalue weighted by Gasteiger charge is 2.18. The van der Waals surface area contributed by atoms with E-state index in [2.05, 4.69) is 5.32 Å². The molecule has 2 aromatic rings. The van der Waals surface area contributed by atoms with Crippen molar-refractivity contribution in [2.75, 3.05) is 5.32 Å². The number of nitrogens with one attached hydrogen (secondary N) is 2. The van der Waals surface area contributed by atoms with Crippen LogP contribution in [0.3, 0.4) is 0 Å². The number of halogens is 1. The zero-order valence-electron chi connectivity index (χ0n) is 14.3. The van der Waals surface area contributed by atoms with Gasteiger partial charge < -0.3 is 5.32 Å². The van der Waals surface area contributed by atoms with E-state index >= 15 is 0 Å². The van der Waals surface area contributed by atoms with Gasteiger partial charge in [0.2, 0.25) is 5.91 Å². The molecule has 0 heterocycles. The van der Waals surface area contributed by atoms with Crippen LogP contribution in [0.1, 0.15) is 30.6 Å². The summed E-state index contributed by atoms with van der Waals surface area (Å²) < 4.78 is 26.4. The number of carbonyl (C=O) groups excluding carboxylic acids is 2. The summed E-state index contributed by atoms with van der Waals surface area (Å²) in [5, 5.41) is 2.96.